The molecule has 5 nitrogen and oxygen atoms in total. The number of nitrogens with two attached hydrogens (primary N) is 1. The number of aromatic nitrogens is 2. The number of ether oxygens (including phenoxy) is 1. The highest BCUT2D eigenvalue weighted by atomic mass is 35.5. The molecule has 1 unspecified atom stereocenters. The first-order valence-corrected chi connectivity index (χ1v) is 7.38. The number of morpholine rings is 1. The number of aromatic amines is 1. The standard InChI is InChI=1S/C14H26N4O.2ClH/c1-2-3-4-14-16-9-12(17-14)10-18-7-8-19-13(11-18)5-6-15;;/h9,13H,2-8,10-11,15H2,1H3,(H,16,17);2*1H. The number of hydrogen-bond donors (Lipinski definition) is 2. The summed E-state index contributed by atoms with van der Waals surface area (Å²) in [6, 6.07) is 0. The molecule has 0 radical (unpaired) electrons. The smallest absolute Gasteiger partial charge is 0.106 e. The van der Waals surface area contributed by atoms with Gasteiger partial charge in [-0.3, -0.25) is 4.90 Å². The number of halogens is 2. The second-order valence-electron chi connectivity index (χ2n) is 5.26. The van der Waals surface area contributed by atoms with E-state index in [9.17, 15) is 0 Å². The van der Waals surface area contributed by atoms with Crippen LogP contribution in [0.15, 0.2) is 6.20 Å². The summed E-state index contributed by atoms with van der Waals surface area (Å²) in [6.45, 7) is 6.61. The highest BCUT2D eigenvalue weighted by Gasteiger charge is 2.20. The molecular weight excluding hydrogens is 311 g/mol. The minimum Gasteiger partial charge on any atom is -0.376 e. The molecule has 0 aliphatic carbocycles. The number of unbranched alkanes of at least 4 members (excludes halogenated alkanes) is 1. The van der Waals surface area contributed by atoms with Gasteiger partial charge in [-0.2, -0.15) is 0 Å². The number of hydrogen-bond acceptors (Lipinski definition) is 4. The third-order valence-corrected chi connectivity index (χ3v) is 3.55. The highest BCUT2D eigenvalue weighted by Crippen LogP contribution is 2.11. The Kier molecular flexibility index (Phi) is 11.1. The van der Waals surface area contributed by atoms with Crippen molar-refractivity contribution >= 4 is 24.8 Å². The van der Waals surface area contributed by atoms with Gasteiger partial charge >= 0.3 is 0 Å². The van der Waals surface area contributed by atoms with Crippen LogP contribution in [0.1, 0.15) is 37.7 Å². The summed E-state index contributed by atoms with van der Waals surface area (Å²) in [4.78, 5) is 10.3. The van der Waals surface area contributed by atoms with Crippen LogP contribution in [0.2, 0.25) is 0 Å². The minimum atomic E-state index is 0. The normalized spacial score (nSPS) is 18.9. The predicted octanol–water partition coefficient (Wildman–Crippen LogP) is 2.15. The summed E-state index contributed by atoms with van der Waals surface area (Å²) in [5, 5.41) is 0. The second-order valence-corrected chi connectivity index (χ2v) is 5.26. The average Bonchev–Trinajstić information content (AvgIpc) is 2.85. The van der Waals surface area contributed by atoms with Crippen LogP contribution in [-0.4, -0.2) is 47.2 Å². The molecule has 0 aromatic carbocycles. The van der Waals surface area contributed by atoms with Crippen molar-refractivity contribution in [1.82, 2.24) is 14.9 Å². The molecule has 7 heteroatoms. The Labute approximate surface area is 139 Å². The van der Waals surface area contributed by atoms with E-state index in [1.54, 1.807) is 0 Å². The lowest BCUT2D eigenvalue weighted by Crippen LogP contribution is -2.42. The molecule has 3 N–H and O–H groups in total. The Hall–Kier alpha value is -0.330. The van der Waals surface area contributed by atoms with Crippen LogP contribution < -0.4 is 5.73 Å². The van der Waals surface area contributed by atoms with E-state index in [1.807, 2.05) is 6.20 Å². The van der Waals surface area contributed by atoms with Crippen molar-refractivity contribution in [2.45, 2.75) is 45.3 Å². The predicted molar refractivity (Wildman–Crippen MR) is 90.4 cm³/mol. The fraction of sp³-hybridized carbons (Fsp3) is 0.786. The summed E-state index contributed by atoms with van der Waals surface area (Å²) in [7, 11) is 0. The number of imidazole rings is 1. The molecule has 0 saturated carbocycles. The molecule has 1 aromatic rings. The van der Waals surface area contributed by atoms with Gasteiger partial charge in [0.25, 0.3) is 0 Å². The molecule has 1 fully saturated rings. The SMILES string of the molecule is CCCCc1ncc(CN2CCOC(CCN)C2)[nH]1.Cl.Cl. The lowest BCUT2D eigenvalue weighted by Gasteiger charge is -2.32. The van der Waals surface area contributed by atoms with E-state index in [1.165, 1.54) is 18.5 Å². The van der Waals surface area contributed by atoms with Gasteiger partial charge in [0.2, 0.25) is 0 Å². The van der Waals surface area contributed by atoms with E-state index in [0.717, 1.165) is 44.9 Å². The van der Waals surface area contributed by atoms with Gasteiger partial charge in [-0.05, 0) is 19.4 Å². The molecule has 21 heavy (non-hydrogen) atoms. The van der Waals surface area contributed by atoms with Gasteiger partial charge < -0.3 is 15.5 Å². The largest absolute Gasteiger partial charge is 0.376 e. The van der Waals surface area contributed by atoms with E-state index >= 15 is 0 Å². The fourth-order valence-corrected chi connectivity index (χ4v) is 2.48. The van der Waals surface area contributed by atoms with Gasteiger partial charge in [-0.1, -0.05) is 13.3 Å². The van der Waals surface area contributed by atoms with Gasteiger partial charge in [0, 0.05) is 37.9 Å². The van der Waals surface area contributed by atoms with Gasteiger partial charge in [0.1, 0.15) is 5.82 Å². The maximum Gasteiger partial charge on any atom is 0.106 e. The zero-order chi connectivity index (χ0) is 13.5. The van der Waals surface area contributed by atoms with Crippen molar-refractivity contribution in [3.05, 3.63) is 17.7 Å². The maximum absolute atomic E-state index is 5.70. The molecule has 1 aliphatic rings. The Bertz CT molecular complexity index is 374. The molecule has 2 rings (SSSR count). The van der Waals surface area contributed by atoms with E-state index in [0.29, 0.717) is 12.6 Å². The quantitative estimate of drug-likeness (QED) is 0.799. The van der Waals surface area contributed by atoms with E-state index in [-0.39, 0.29) is 24.8 Å². The van der Waals surface area contributed by atoms with E-state index in [2.05, 4.69) is 21.8 Å². The van der Waals surface area contributed by atoms with Crippen molar-refractivity contribution in [3.8, 4) is 0 Å². The zero-order valence-electron chi connectivity index (χ0n) is 12.7. The number of aryl methyl sites for hydroxylation is 1. The lowest BCUT2D eigenvalue weighted by atomic mass is 10.2. The van der Waals surface area contributed by atoms with Crippen LogP contribution in [0, 0.1) is 0 Å². The zero-order valence-corrected chi connectivity index (χ0v) is 14.3. The molecule has 1 atom stereocenters. The minimum absolute atomic E-state index is 0. The van der Waals surface area contributed by atoms with Crippen molar-refractivity contribution in [2.24, 2.45) is 5.73 Å². The van der Waals surface area contributed by atoms with Crippen LogP contribution >= 0.6 is 24.8 Å². The molecule has 0 amide bonds. The van der Waals surface area contributed by atoms with E-state index in [4.69, 9.17) is 10.5 Å². The van der Waals surface area contributed by atoms with E-state index < -0.39 is 0 Å². The Balaban J connectivity index is 0.00000200. The first-order chi connectivity index (χ1) is 9.31. The van der Waals surface area contributed by atoms with Crippen LogP contribution in [0.5, 0.6) is 0 Å². The van der Waals surface area contributed by atoms with Gasteiger partial charge in [-0.15, -0.1) is 24.8 Å². The van der Waals surface area contributed by atoms with Crippen molar-refractivity contribution in [3.63, 3.8) is 0 Å². The number of nitrogens with zero attached hydrogens (tertiary/aromatic N) is 2. The van der Waals surface area contributed by atoms with Gasteiger partial charge in [0.15, 0.2) is 0 Å². The third-order valence-electron chi connectivity index (χ3n) is 3.55. The van der Waals surface area contributed by atoms with Gasteiger partial charge in [0.05, 0.1) is 12.7 Å². The summed E-state index contributed by atoms with van der Waals surface area (Å²) in [5.74, 6) is 1.11. The highest BCUT2D eigenvalue weighted by molar-refractivity contribution is 5.85. The average molecular weight is 339 g/mol. The number of rotatable bonds is 7. The molecule has 1 aromatic heterocycles. The molecule has 0 bridgehead atoms. The fourth-order valence-electron chi connectivity index (χ4n) is 2.48. The summed E-state index contributed by atoms with van der Waals surface area (Å²) >= 11 is 0. The number of nitrogens with one attached hydrogen (secondary N) is 1. The molecule has 0 spiro atoms. The molecule has 2 heterocycles. The summed E-state index contributed by atoms with van der Waals surface area (Å²) in [5.41, 5.74) is 6.80. The summed E-state index contributed by atoms with van der Waals surface area (Å²) in [6.07, 6.45) is 6.67. The monoisotopic (exact) mass is 338 g/mol. The van der Waals surface area contributed by atoms with Crippen LogP contribution in [-0.2, 0) is 17.7 Å². The second kappa shape index (κ2) is 11.3. The molecular formula is C14H28Cl2N4O. The van der Waals surface area contributed by atoms with Crippen LogP contribution in [0.4, 0.5) is 0 Å². The molecule has 124 valence electrons. The maximum atomic E-state index is 5.70. The van der Waals surface area contributed by atoms with Crippen molar-refractivity contribution in [2.75, 3.05) is 26.2 Å². The summed E-state index contributed by atoms with van der Waals surface area (Å²) < 4.78 is 5.70. The first-order valence-electron chi connectivity index (χ1n) is 7.38. The molecule has 1 saturated heterocycles. The molecule has 1 aliphatic heterocycles. The van der Waals surface area contributed by atoms with Crippen LogP contribution in [0.25, 0.3) is 0 Å². The Morgan fingerprint density at radius 2 is 2.29 bits per heavy atom. The van der Waals surface area contributed by atoms with Crippen molar-refractivity contribution in [1.29, 1.82) is 0 Å². The Morgan fingerprint density at radius 1 is 1.48 bits per heavy atom. The lowest BCUT2D eigenvalue weighted by molar-refractivity contribution is -0.0338. The van der Waals surface area contributed by atoms with Crippen LogP contribution in [0.3, 0.4) is 0 Å². The Morgan fingerprint density at radius 3 is 3.00 bits per heavy atom. The van der Waals surface area contributed by atoms with Gasteiger partial charge in [-0.25, -0.2) is 4.98 Å². The topological polar surface area (TPSA) is 67.2 Å². The van der Waals surface area contributed by atoms with Crippen molar-refractivity contribution < 1.29 is 4.74 Å². The third kappa shape index (κ3) is 6.98. The first kappa shape index (κ1) is 20.7. The number of H-pyrrole nitrogens is 1.